The smallest absolute Gasteiger partial charge is 0.137 e. The maximum absolute atomic E-state index is 6.74. The van der Waals surface area contributed by atoms with E-state index in [4.69, 9.17) is 4.42 Å². The molecule has 0 amide bonds. The number of nitrogens with zero attached hydrogens (tertiary/aromatic N) is 1. The minimum atomic E-state index is -0.563. The number of anilines is 3. The van der Waals surface area contributed by atoms with Gasteiger partial charge < -0.3 is 9.32 Å². The van der Waals surface area contributed by atoms with Gasteiger partial charge >= 0.3 is 0 Å². The van der Waals surface area contributed by atoms with E-state index < -0.39 is 5.41 Å². The van der Waals surface area contributed by atoms with Gasteiger partial charge in [0.15, 0.2) is 0 Å². The minimum absolute atomic E-state index is 0.563. The van der Waals surface area contributed by atoms with E-state index in [9.17, 15) is 0 Å². The normalized spacial score (nSPS) is 12.6. The number of furan rings is 1. The lowest BCUT2D eigenvalue weighted by Crippen LogP contribution is -2.28. The van der Waals surface area contributed by atoms with Crippen molar-refractivity contribution >= 4 is 49.8 Å². The molecule has 0 spiro atoms. The maximum Gasteiger partial charge on any atom is 0.137 e. The molecule has 1 aromatic heterocycles. The van der Waals surface area contributed by atoms with Crippen LogP contribution in [0.3, 0.4) is 0 Å². The molecule has 67 heavy (non-hydrogen) atoms. The summed E-state index contributed by atoms with van der Waals surface area (Å²) in [4.78, 5) is 2.47. The van der Waals surface area contributed by atoms with Crippen LogP contribution < -0.4 is 4.90 Å². The molecule has 1 aliphatic rings. The van der Waals surface area contributed by atoms with Crippen LogP contribution in [0.4, 0.5) is 17.1 Å². The molecule has 13 rings (SSSR count). The fourth-order valence-electron chi connectivity index (χ4n) is 11.0. The quantitative estimate of drug-likeness (QED) is 0.151. The van der Waals surface area contributed by atoms with Crippen molar-refractivity contribution in [2.24, 2.45) is 0 Å². The lowest BCUT2D eigenvalue weighted by molar-refractivity contribution is 0.669. The number of hydrogen-bond acceptors (Lipinski definition) is 2. The molecule has 11 aromatic carbocycles. The Bertz CT molecular complexity index is 3760. The van der Waals surface area contributed by atoms with E-state index in [2.05, 4.69) is 266 Å². The van der Waals surface area contributed by atoms with E-state index in [-0.39, 0.29) is 0 Å². The number of hydrogen-bond donors (Lipinski definition) is 0. The molecule has 0 unspecified atom stereocenters. The molecule has 0 aliphatic heterocycles. The second-order valence-corrected chi connectivity index (χ2v) is 17.5. The molecule has 12 aromatic rings. The topological polar surface area (TPSA) is 16.4 Å². The van der Waals surface area contributed by atoms with Crippen LogP contribution in [0.25, 0.3) is 77.2 Å². The highest BCUT2D eigenvalue weighted by Crippen LogP contribution is 2.57. The van der Waals surface area contributed by atoms with Gasteiger partial charge in [0.05, 0.1) is 22.2 Å². The zero-order valence-electron chi connectivity index (χ0n) is 36.7. The van der Waals surface area contributed by atoms with E-state index in [0.717, 1.165) is 55.7 Å². The van der Waals surface area contributed by atoms with Gasteiger partial charge in [0.1, 0.15) is 11.2 Å². The van der Waals surface area contributed by atoms with Crippen LogP contribution in [0, 0.1) is 0 Å². The summed E-state index contributed by atoms with van der Waals surface area (Å²) in [5.74, 6) is 0. The van der Waals surface area contributed by atoms with Gasteiger partial charge in [0.25, 0.3) is 0 Å². The summed E-state index contributed by atoms with van der Waals surface area (Å²) in [6, 6.07) is 95.1. The molecule has 0 atom stereocenters. The van der Waals surface area contributed by atoms with Gasteiger partial charge in [-0.3, -0.25) is 0 Å². The number of rotatable bonds is 8. The highest BCUT2D eigenvalue weighted by Gasteiger charge is 2.46. The Balaban J connectivity index is 1.06. The van der Waals surface area contributed by atoms with Crippen molar-refractivity contribution in [1.82, 2.24) is 0 Å². The van der Waals surface area contributed by atoms with Crippen LogP contribution in [0.15, 0.2) is 265 Å². The van der Waals surface area contributed by atoms with Gasteiger partial charge in [-0.15, -0.1) is 0 Å². The Hall–Kier alpha value is -8.72. The molecule has 2 heteroatoms. The average Bonchev–Trinajstić information content (AvgIpc) is 3.94. The minimum Gasteiger partial charge on any atom is -0.456 e. The molecule has 314 valence electrons. The zero-order chi connectivity index (χ0) is 44.3. The molecular weight excluding hydrogens is 811 g/mol. The van der Waals surface area contributed by atoms with Crippen molar-refractivity contribution in [3.05, 3.63) is 283 Å². The lowest BCUT2D eigenvalue weighted by atomic mass is 9.67. The van der Waals surface area contributed by atoms with E-state index in [1.165, 1.54) is 60.8 Å². The van der Waals surface area contributed by atoms with Crippen LogP contribution in [0.5, 0.6) is 0 Å². The van der Waals surface area contributed by atoms with Gasteiger partial charge in [0, 0.05) is 16.6 Å². The summed E-state index contributed by atoms with van der Waals surface area (Å²) in [5.41, 5.74) is 18.8. The Labute approximate surface area is 390 Å². The Morgan fingerprint density at radius 2 is 0.866 bits per heavy atom. The van der Waals surface area contributed by atoms with E-state index in [1.54, 1.807) is 0 Å². The first-order valence-corrected chi connectivity index (χ1v) is 23.1. The van der Waals surface area contributed by atoms with Crippen molar-refractivity contribution in [2.75, 3.05) is 4.90 Å². The summed E-state index contributed by atoms with van der Waals surface area (Å²) >= 11 is 0. The van der Waals surface area contributed by atoms with Gasteiger partial charge in [-0.05, 0) is 114 Å². The lowest BCUT2D eigenvalue weighted by Gasteiger charge is -2.35. The second-order valence-electron chi connectivity index (χ2n) is 17.5. The van der Waals surface area contributed by atoms with Crippen molar-refractivity contribution in [2.45, 2.75) is 5.41 Å². The third kappa shape index (κ3) is 6.18. The Morgan fingerprint density at radius 3 is 1.64 bits per heavy atom. The van der Waals surface area contributed by atoms with Gasteiger partial charge in [-0.25, -0.2) is 0 Å². The molecule has 0 radical (unpaired) electrons. The van der Waals surface area contributed by atoms with Crippen LogP contribution in [-0.4, -0.2) is 0 Å². The molecule has 0 fully saturated rings. The standard InChI is InChI=1S/C65H43NO/c1-3-18-44(19-4-1)48-40-41-62-57(42-48)64-61(34-17-35-63(64)67-62)66(60-33-14-11-27-54(60)47-38-36-46(37-39-47)53-30-15-21-45-20-7-8-26-52(45)53)51-25-16-24-50(43-51)65(49-22-5-2-6-23-49)58-31-12-9-28-55(58)56-29-10-13-32-59(56)65/h1-43H. The SMILES string of the molecule is c1ccc(-c2ccc3oc4cccc(N(c5cccc(C6(c7ccccc7)c7ccccc7-c7ccccc76)c5)c5ccccc5-c5ccc(-c6cccc7ccccc67)cc5)c4c3c2)cc1. The predicted octanol–water partition coefficient (Wildman–Crippen LogP) is 17.6. The van der Waals surface area contributed by atoms with E-state index in [1.807, 2.05) is 0 Å². The van der Waals surface area contributed by atoms with Gasteiger partial charge in [-0.1, -0.05) is 218 Å². The molecular formula is C65H43NO. The van der Waals surface area contributed by atoms with E-state index in [0.29, 0.717) is 0 Å². The molecule has 0 N–H and O–H groups in total. The second kappa shape index (κ2) is 15.8. The van der Waals surface area contributed by atoms with Crippen LogP contribution >= 0.6 is 0 Å². The van der Waals surface area contributed by atoms with Crippen LogP contribution in [0.2, 0.25) is 0 Å². The molecule has 1 heterocycles. The van der Waals surface area contributed by atoms with Crippen molar-refractivity contribution in [1.29, 1.82) is 0 Å². The summed E-state index contributed by atoms with van der Waals surface area (Å²) in [5, 5.41) is 4.63. The first kappa shape index (κ1) is 38.7. The highest BCUT2D eigenvalue weighted by molar-refractivity contribution is 6.15. The number of fused-ring (bicyclic) bond motifs is 7. The molecule has 0 saturated heterocycles. The summed E-state index contributed by atoms with van der Waals surface area (Å²) in [6.45, 7) is 0. The highest BCUT2D eigenvalue weighted by atomic mass is 16.3. The molecule has 0 bridgehead atoms. The van der Waals surface area contributed by atoms with Crippen molar-refractivity contribution in [3.63, 3.8) is 0 Å². The Kier molecular flexibility index (Phi) is 9.11. The first-order valence-electron chi connectivity index (χ1n) is 23.1. The largest absolute Gasteiger partial charge is 0.456 e. The van der Waals surface area contributed by atoms with Crippen LogP contribution in [-0.2, 0) is 5.41 Å². The van der Waals surface area contributed by atoms with Crippen molar-refractivity contribution < 1.29 is 4.42 Å². The maximum atomic E-state index is 6.74. The molecule has 2 nitrogen and oxygen atoms in total. The monoisotopic (exact) mass is 853 g/mol. The summed E-state index contributed by atoms with van der Waals surface area (Å²) in [6.07, 6.45) is 0. The van der Waals surface area contributed by atoms with Gasteiger partial charge in [-0.2, -0.15) is 0 Å². The number of para-hydroxylation sites is 1. The third-order valence-corrected chi connectivity index (χ3v) is 14.0. The molecule has 0 saturated carbocycles. The van der Waals surface area contributed by atoms with Crippen LogP contribution in [0.1, 0.15) is 22.3 Å². The van der Waals surface area contributed by atoms with Gasteiger partial charge in [0.2, 0.25) is 0 Å². The summed E-state index contributed by atoms with van der Waals surface area (Å²) < 4.78 is 6.74. The number of benzene rings is 11. The first-order chi connectivity index (χ1) is 33.2. The Morgan fingerprint density at radius 1 is 0.313 bits per heavy atom. The third-order valence-electron chi connectivity index (χ3n) is 14.0. The summed E-state index contributed by atoms with van der Waals surface area (Å²) in [7, 11) is 0. The fourth-order valence-corrected chi connectivity index (χ4v) is 11.0. The zero-order valence-corrected chi connectivity index (χ0v) is 36.7. The molecule has 1 aliphatic carbocycles. The average molecular weight is 854 g/mol. The fraction of sp³-hybridized carbons (Fsp3) is 0.0154. The van der Waals surface area contributed by atoms with E-state index >= 15 is 0 Å². The van der Waals surface area contributed by atoms with Crippen molar-refractivity contribution in [3.8, 4) is 44.5 Å². The predicted molar refractivity (Wildman–Crippen MR) is 280 cm³/mol.